The molecule has 0 aliphatic heterocycles. The van der Waals surface area contributed by atoms with Crippen molar-refractivity contribution in [3.05, 3.63) is 132 Å². The largest absolute Gasteiger partial charge is 0.350 e. The number of hydrogen-bond donors (Lipinski definition) is 2. The van der Waals surface area contributed by atoms with Gasteiger partial charge in [0, 0.05) is 11.4 Å². The number of amides is 4. The Labute approximate surface area is 215 Å². The van der Waals surface area contributed by atoms with Gasteiger partial charge in [0.25, 0.3) is 0 Å². The summed E-state index contributed by atoms with van der Waals surface area (Å²) in [7, 11) is 0. The Bertz CT molecular complexity index is 1170. The molecule has 8 nitrogen and oxygen atoms in total. The van der Waals surface area contributed by atoms with Gasteiger partial charge in [0.2, 0.25) is 0 Å². The van der Waals surface area contributed by atoms with Crippen molar-refractivity contribution in [1.29, 1.82) is 0 Å². The molecule has 4 rings (SSSR count). The average molecular weight is 497 g/mol. The van der Waals surface area contributed by atoms with E-state index in [0.29, 0.717) is 21.5 Å². The number of hydroxylamine groups is 4. The van der Waals surface area contributed by atoms with Gasteiger partial charge in [-0.05, 0) is 35.4 Å². The summed E-state index contributed by atoms with van der Waals surface area (Å²) in [5, 5.41) is 22.6. The third-order valence-corrected chi connectivity index (χ3v) is 5.67. The van der Waals surface area contributed by atoms with Gasteiger partial charge in [-0.2, -0.15) is 0 Å². The zero-order valence-electron chi connectivity index (χ0n) is 20.2. The van der Waals surface area contributed by atoms with Crippen molar-refractivity contribution in [1.82, 2.24) is 10.1 Å². The number of rotatable bonds is 8. The monoisotopic (exact) mass is 496 g/mol. The van der Waals surface area contributed by atoms with Gasteiger partial charge >= 0.3 is 12.1 Å². The first-order valence-corrected chi connectivity index (χ1v) is 11.8. The summed E-state index contributed by atoms with van der Waals surface area (Å²) >= 11 is 0. The standard InChI is InChI=1S/C29H28N4O4/c34-28(32(36)21-24-13-5-1-6-14-24)30(26-17-9-3-10-18-26)23-31(27-19-11-4-12-20-27)29(35)33(37)22-25-15-7-2-8-16-25/h1-20,36-37H,21-23H2. The molecule has 0 atom stereocenters. The SMILES string of the molecule is O=C(N(O)Cc1ccccc1)N(CN(C(=O)N(O)Cc1ccccc1)c1ccccc1)c1ccccc1. The van der Waals surface area contributed by atoms with E-state index >= 15 is 0 Å². The van der Waals surface area contributed by atoms with Crippen LogP contribution in [0, 0.1) is 0 Å². The highest BCUT2D eigenvalue weighted by Gasteiger charge is 2.29. The number of anilines is 2. The lowest BCUT2D eigenvalue weighted by molar-refractivity contribution is -0.0499. The summed E-state index contributed by atoms with van der Waals surface area (Å²) in [5.41, 5.74) is 2.43. The van der Waals surface area contributed by atoms with Crippen LogP contribution in [-0.2, 0) is 13.1 Å². The molecule has 0 heterocycles. The molecule has 0 saturated carbocycles. The summed E-state index contributed by atoms with van der Waals surface area (Å²) in [6.45, 7) is -0.339. The smallest absolute Gasteiger partial charge is 0.284 e. The van der Waals surface area contributed by atoms with Crippen LogP contribution >= 0.6 is 0 Å². The zero-order chi connectivity index (χ0) is 26.0. The Morgan fingerprint density at radius 2 is 0.784 bits per heavy atom. The molecule has 4 aromatic rings. The second-order valence-electron chi connectivity index (χ2n) is 8.32. The number of hydrogen-bond acceptors (Lipinski definition) is 4. The van der Waals surface area contributed by atoms with Crippen LogP contribution in [0.25, 0.3) is 0 Å². The summed E-state index contributed by atoms with van der Waals surface area (Å²) in [6, 6.07) is 34.2. The number of nitrogens with zero attached hydrogens (tertiary/aromatic N) is 4. The number of carbonyl (C=O) groups is 2. The lowest BCUT2D eigenvalue weighted by atomic mass is 10.2. The Morgan fingerprint density at radius 1 is 0.486 bits per heavy atom. The maximum atomic E-state index is 13.5. The van der Waals surface area contributed by atoms with E-state index in [1.54, 1.807) is 72.8 Å². The molecule has 0 aromatic heterocycles. The molecule has 0 spiro atoms. The summed E-state index contributed by atoms with van der Waals surface area (Å²) in [6.07, 6.45) is 0. The van der Waals surface area contributed by atoms with Gasteiger partial charge in [-0.3, -0.25) is 20.2 Å². The molecule has 37 heavy (non-hydrogen) atoms. The van der Waals surface area contributed by atoms with Gasteiger partial charge < -0.3 is 0 Å². The van der Waals surface area contributed by atoms with E-state index in [1.807, 2.05) is 48.5 Å². The van der Waals surface area contributed by atoms with Crippen molar-refractivity contribution >= 4 is 23.4 Å². The highest BCUT2D eigenvalue weighted by Crippen LogP contribution is 2.22. The molecule has 0 saturated heterocycles. The second kappa shape index (κ2) is 12.3. The van der Waals surface area contributed by atoms with Crippen LogP contribution in [0.4, 0.5) is 21.0 Å². The van der Waals surface area contributed by atoms with E-state index in [1.165, 1.54) is 9.80 Å². The van der Waals surface area contributed by atoms with Crippen molar-refractivity contribution in [3.8, 4) is 0 Å². The molecule has 8 heteroatoms. The third kappa shape index (κ3) is 6.72. The number of carbonyl (C=O) groups excluding carboxylic acids is 2. The fourth-order valence-electron chi connectivity index (χ4n) is 3.79. The molecular weight excluding hydrogens is 468 g/mol. The quantitative estimate of drug-likeness (QED) is 0.178. The maximum Gasteiger partial charge on any atom is 0.350 e. The number of urea groups is 2. The first kappa shape index (κ1) is 25.4. The number of benzene rings is 4. The van der Waals surface area contributed by atoms with E-state index < -0.39 is 12.1 Å². The normalized spacial score (nSPS) is 10.4. The summed E-state index contributed by atoms with van der Waals surface area (Å²) in [4.78, 5) is 29.5. The lowest BCUT2D eigenvalue weighted by Gasteiger charge is -2.34. The van der Waals surface area contributed by atoms with Crippen LogP contribution < -0.4 is 9.80 Å². The van der Waals surface area contributed by atoms with Crippen LogP contribution in [-0.4, -0.2) is 39.3 Å². The predicted octanol–water partition coefficient (Wildman–Crippen LogP) is 5.98. The van der Waals surface area contributed by atoms with Gasteiger partial charge in [-0.25, -0.2) is 19.7 Å². The molecule has 2 N–H and O–H groups in total. The van der Waals surface area contributed by atoms with E-state index in [4.69, 9.17) is 0 Å². The van der Waals surface area contributed by atoms with Crippen molar-refractivity contribution in [2.75, 3.05) is 16.5 Å². The molecule has 0 aliphatic rings. The second-order valence-corrected chi connectivity index (χ2v) is 8.32. The topological polar surface area (TPSA) is 87.6 Å². The maximum absolute atomic E-state index is 13.5. The van der Waals surface area contributed by atoms with Crippen LogP contribution in [0.2, 0.25) is 0 Å². The van der Waals surface area contributed by atoms with E-state index in [9.17, 15) is 20.0 Å². The zero-order valence-corrected chi connectivity index (χ0v) is 20.2. The van der Waals surface area contributed by atoms with Crippen LogP contribution in [0.5, 0.6) is 0 Å². The molecule has 0 unspecified atom stereocenters. The van der Waals surface area contributed by atoms with Gasteiger partial charge in [0.1, 0.15) is 6.67 Å². The van der Waals surface area contributed by atoms with Crippen LogP contribution in [0.3, 0.4) is 0 Å². The minimum absolute atomic E-state index is 0.0393. The highest BCUT2D eigenvalue weighted by atomic mass is 16.5. The highest BCUT2D eigenvalue weighted by molar-refractivity contribution is 5.96. The molecule has 4 aromatic carbocycles. The Morgan fingerprint density at radius 3 is 1.11 bits per heavy atom. The van der Waals surface area contributed by atoms with Crippen molar-refractivity contribution in [3.63, 3.8) is 0 Å². The van der Waals surface area contributed by atoms with Crippen molar-refractivity contribution in [2.45, 2.75) is 13.1 Å². The lowest BCUT2D eigenvalue weighted by Crippen LogP contribution is -2.51. The molecule has 0 bridgehead atoms. The first-order valence-electron chi connectivity index (χ1n) is 11.8. The van der Waals surface area contributed by atoms with Crippen LogP contribution in [0.1, 0.15) is 11.1 Å². The third-order valence-electron chi connectivity index (χ3n) is 5.67. The fraction of sp³-hybridized carbons (Fsp3) is 0.103. The van der Waals surface area contributed by atoms with E-state index in [-0.39, 0.29) is 19.8 Å². The van der Waals surface area contributed by atoms with Crippen molar-refractivity contribution in [2.24, 2.45) is 0 Å². The van der Waals surface area contributed by atoms with E-state index in [0.717, 1.165) is 11.1 Å². The number of para-hydroxylation sites is 2. The van der Waals surface area contributed by atoms with Gasteiger partial charge in [0.05, 0.1) is 13.1 Å². The van der Waals surface area contributed by atoms with Crippen molar-refractivity contribution < 1.29 is 20.0 Å². The first-order chi connectivity index (χ1) is 18.0. The minimum Gasteiger partial charge on any atom is -0.284 e. The summed E-state index contributed by atoms with van der Waals surface area (Å²) in [5.74, 6) is 0. The Balaban J connectivity index is 1.63. The van der Waals surface area contributed by atoms with Gasteiger partial charge in [0.15, 0.2) is 0 Å². The Hall–Kier alpha value is -4.66. The molecular formula is C29H28N4O4. The van der Waals surface area contributed by atoms with E-state index in [2.05, 4.69) is 0 Å². The van der Waals surface area contributed by atoms with Gasteiger partial charge in [-0.1, -0.05) is 97.1 Å². The molecule has 0 fully saturated rings. The Kier molecular flexibility index (Phi) is 8.49. The molecule has 0 radical (unpaired) electrons. The molecule has 0 aliphatic carbocycles. The fourth-order valence-corrected chi connectivity index (χ4v) is 3.79. The minimum atomic E-state index is -0.726. The molecule has 4 amide bonds. The molecule has 188 valence electrons. The van der Waals surface area contributed by atoms with Crippen LogP contribution in [0.15, 0.2) is 121 Å². The summed E-state index contributed by atoms with van der Waals surface area (Å²) < 4.78 is 0. The average Bonchev–Trinajstić information content (AvgIpc) is 2.95. The predicted molar refractivity (Wildman–Crippen MR) is 141 cm³/mol. The van der Waals surface area contributed by atoms with Gasteiger partial charge in [-0.15, -0.1) is 0 Å².